The molecule has 1 amide bonds. The van der Waals surface area contributed by atoms with Gasteiger partial charge in [0.15, 0.2) is 6.61 Å². The summed E-state index contributed by atoms with van der Waals surface area (Å²) in [5.74, 6) is 1.02. The van der Waals surface area contributed by atoms with Crippen LogP contribution in [-0.4, -0.2) is 27.4 Å². The van der Waals surface area contributed by atoms with Crippen molar-refractivity contribution in [2.24, 2.45) is 0 Å². The van der Waals surface area contributed by atoms with Gasteiger partial charge in [-0.2, -0.15) is 0 Å². The van der Waals surface area contributed by atoms with Gasteiger partial charge >= 0.3 is 0 Å². The van der Waals surface area contributed by atoms with Gasteiger partial charge in [0.2, 0.25) is 5.91 Å². The minimum Gasteiger partial charge on any atom is -0.484 e. The zero-order chi connectivity index (χ0) is 16.2. The number of thioether (sulfide) groups is 1. The van der Waals surface area contributed by atoms with Crippen LogP contribution in [-0.2, 0) is 11.4 Å². The molecule has 1 saturated carbocycles. The summed E-state index contributed by atoms with van der Waals surface area (Å²) >= 11 is 7.05. The van der Waals surface area contributed by atoms with E-state index in [1.54, 1.807) is 24.3 Å². The first kappa shape index (κ1) is 16.1. The van der Waals surface area contributed by atoms with E-state index in [1.807, 2.05) is 6.92 Å². The highest BCUT2D eigenvalue weighted by Gasteiger charge is 2.26. The SMILES string of the molecule is C[C@H](Sc1nnc(COc2ccc(Cl)cc2)o1)C(=O)NC1CC1. The summed E-state index contributed by atoms with van der Waals surface area (Å²) in [6.45, 7) is 1.98. The highest BCUT2D eigenvalue weighted by atomic mass is 35.5. The monoisotopic (exact) mass is 353 g/mol. The number of nitrogens with zero attached hydrogens (tertiary/aromatic N) is 2. The molecule has 1 aliphatic carbocycles. The van der Waals surface area contributed by atoms with Crippen LogP contribution in [0.5, 0.6) is 5.75 Å². The van der Waals surface area contributed by atoms with Crippen LogP contribution in [0.4, 0.5) is 0 Å². The normalized spacial score (nSPS) is 15.2. The quantitative estimate of drug-likeness (QED) is 0.771. The molecule has 1 fully saturated rings. The predicted octanol–water partition coefficient (Wildman–Crippen LogP) is 3.06. The number of ether oxygens (including phenoxy) is 1. The number of aromatic nitrogens is 2. The van der Waals surface area contributed by atoms with Crippen LogP contribution in [0, 0.1) is 0 Å². The van der Waals surface area contributed by atoms with Crippen molar-refractivity contribution in [1.82, 2.24) is 15.5 Å². The number of rotatable bonds is 7. The van der Waals surface area contributed by atoms with E-state index in [1.165, 1.54) is 11.8 Å². The van der Waals surface area contributed by atoms with Gasteiger partial charge < -0.3 is 14.5 Å². The standard InChI is InChI=1S/C15H16ClN3O3S/c1-9(14(20)17-11-4-5-11)23-15-19-18-13(22-15)8-21-12-6-2-10(16)3-7-12/h2-3,6-7,9,11H,4-5,8H2,1H3,(H,17,20)/t9-/m0/s1. The molecule has 3 rings (SSSR count). The topological polar surface area (TPSA) is 77.2 Å². The van der Waals surface area contributed by atoms with Gasteiger partial charge in [-0.05, 0) is 44.0 Å². The van der Waals surface area contributed by atoms with Crippen LogP contribution in [0.25, 0.3) is 0 Å². The van der Waals surface area contributed by atoms with Gasteiger partial charge in [0.05, 0.1) is 5.25 Å². The lowest BCUT2D eigenvalue weighted by Gasteiger charge is -2.08. The molecule has 0 radical (unpaired) electrons. The van der Waals surface area contributed by atoms with Gasteiger partial charge in [-0.1, -0.05) is 23.4 Å². The number of nitrogens with one attached hydrogen (secondary N) is 1. The Kier molecular flexibility index (Phi) is 5.07. The van der Waals surface area contributed by atoms with Gasteiger partial charge in [-0.3, -0.25) is 4.79 Å². The first-order valence-corrected chi connectivity index (χ1v) is 8.53. The van der Waals surface area contributed by atoms with Gasteiger partial charge in [0.25, 0.3) is 11.1 Å². The molecule has 1 N–H and O–H groups in total. The van der Waals surface area contributed by atoms with E-state index in [9.17, 15) is 4.79 Å². The number of hydrogen-bond donors (Lipinski definition) is 1. The summed E-state index contributed by atoms with van der Waals surface area (Å²) < 4.78 is 11.0. The average molecular weight is 354 g/mol. The fourth-order valence-corrected chi connectivity index (χ4v) is 2.61. The third-order valence-corrected chi connectivity index (χ3v) is 4.38. The average Bonchev–Trinajstić information content (AvgIpc) is 3.24. The molecule has 1 heterocycles. The third-order valence-electron chi connectivity index (χ3n) is 3.19. The second-order valence-electron chi connectivity index (χ2n) is 5.25. The Balaban J connectivity index is 1.49. The number of carbonyl (C=O) groups excluding carboxylic acids is 1. The van der Waals surface area contributed by atoms with E-state index in [0.717, 1.165) is 12.8 Å². The molecular formula is C15H16ClN3O3S. The van der Waals surface area contributed by atoms with Crippen molar-refractivity contribution < 1.29 is 13.9 Å². The maximum atomic E-state index is 11.9. The lowest BCUT2D eigenvalue weighted by Crippen LogP contribution is -2.32. The molecule has 1 aromatic heterocycles. The molecule has 2 aromatic rings. The number of hydrogen-bond acceptors (Lipinski definition) is 6. The van der Waals surface area contributed by atoms with Crippen molar-refractivity contribution in [3.05, 3.63) is 35.2 Å². The summed E-state index contributed by atoms with van der Waals surface area (Å²) in [5, 5.41) is 11.5. The van der Waals surface area contributed by atoms with Gasteiger partial charge in [-0.15, -0.1) is 10.2 Å². The molecule has 0 aliphatic heterocycles. The summed E-state index contributed by atoms with van der Waals surface area (Å²) in [5.41, 5.74) is 0. The Morgan fingerprint density at radius 1 is 1.43 bits per heavy atom. The van der Waals surface area contributed by atoms with Crippen LogP contribution < -0.4 is 10.1 Å². The molecule has 8 heteroatoms. The first-order chi connectivity index (χ1) is 11.1. The molecule has 1 atom stereocenters. The molecule has 0 saturated heterocycles. The van der Waals surface area contributed by atoms with Crippen LogP contribution in [0.1, 0.15) is 25.7 Å². The largest absolute Gasteiger partial charge is 0.484 e. The molecule has 0 unspecified atom stereocenters. The minimum absolute atomic E-state index is 0.00494. The minimum atomic E-state index is -0.277. The zero-order valence-corrected chi connectivity index (χ0v) is 14.1. The second-order valence-corrected chi connectivity index (χ2v) is 6.98. The van der Waals surface area contributed by atoms with Gasteiger partial charge in [0, 0.05) is 11.1 Å². The van der Waals surface area contributed by atoms with Crippen LogP contribution in [0.3, 0.4) is 0 Å². The fraction of sp³-hybridized carbons (Fsp3) is 0.400. The molecule has 23 heavy (non-hydrogen) atoms. The number of carbonyl (C=O) groups is 1. The molecule has 0 bridgehead atoms. The van der Waals surface area contributed by atoms with Crippen molar-refractivity contribution >= 4 is 29.3 Å². The van der Waals surface area contributed by atoms with Crippen LogP contribution >= 0.6 is 23.4 Å². The zero-order valence-electron chi connectivity index (χ0n) is 12.5. The summed E-state index contributed by atoms with van der Waals surface area (Å²) in [7, 11) is 0. The molecule has 0 spiro atoms. The summed E-state index contributed by atoms with van der Waals surface area (Å²) in [4.78, 5) is 11.9. The van der Waals surface area contributed by atoms with Crippen LogP contribution in [0.2, 0.25) is 5.02 Å². The van der Waals surface area contributed by atoms with Gasteiger partial charge in [-0.25, -0.2) is 0 Å². The van der Waals surface area contributed by atoms with E-state index in [2.05, 4.69) is 15.5 Å². The first-order valence-electron chi connectivity index (χ1n) is 7.28. The fourth-order valence-electron chi connectivity index (χ4n) is 1.77. The number of halogens is 1. The molecule has 1 aromatic carbocycles. The van der Waals surface area contributed by atoms with E-state index in [-0.39, 0.29) is 17.8 Å². The third kappa shape index (κ3) is 4.87. The maximum Gasteiger partial charge on any atom is 0.277 e. The lowest BCUT2D eigenvalue weighted by molar-refractivity contribution is -0.120. The number of benzene rings is 1. The highest BCUT2D eigenvalue weighted by Crippen LogP contribution is 2.25. The Bertz CT molecular complexity index is 673. The molecule has 6 nitrogen and oxygen atoms in total. The van der Waals surface area contributed by atoms with Gasteiger partial charge in [0.1, 0.15) is 5.75 Å². The Labute approximate surface area is 142 Å². The Morgan fingerprint density at radius 3 is 2.87 bits per heavy atom. The lowest BCUT2D eigenvalue weighted by atomic mass is 10.3. The molecule has 122 valence electrons. The smallest absolute Gasteiger partial charge is 0.277 e. The van der Waals surface area contributed by atoms with Crippen molar-refractivity contribution in [2.45, 2.75) is 42.9 Å². The summed E-state index contributed by atoms with van der Waals surface area (Å²) in [6, 6.07) is 7.35. The van der Waals surface area contributed by atoms with E-state index >= 15 is 0 Å². The van der Waals surface area contributed by atoms with Crippen molar-refractivity contribution in [3.8, 4) is 5.75 Å². The van der Waals surface area contributed by atoms with E-state index in [4.69, 9.17) is 20.8 Å². The molecular weight excluding hydrogens is 338 g/mol. The maximum absolute atomic E-state index is 11.9. The van der Waals surface area contributed by atoms with E-state index < -0.39 is 0 Å². The van der Waals surface area contributed by atoms with Crippen LogP contribution in [0.15, 0.2) is 33.9 Å². The number of amides is 1. The Hall–Kier alpha value is -1.73. The Morgan fingerprint density at radius 2 is 2.17 bits per heavy atom. The van der Waals surface area contributed by atoms with E-state index in [0.29, 0.717) is 27.9 Å². The highest BCUT2D eigenvalue weighted by molar-refractivity contribution is 8.00. The molecule has 1 aliphatic rings. The summed E-state index contributed by atoms with van der Waals surface area (Å²) in [6.07, 6.45) is 2.13. The predicted molar refractivity (Wildman–Crippen MR) is 86.6 cm³/mol. The second kappa shape index (κ2) is 7.23. The van der Waals surface area contributed by atoms with Crippen molar-refractivity contribution in [2.75, 3.05) is 0 Å². The van der Waals surface area contributed by atoms with Crippen molar-refractivity contribution in [3.63, 3.8) is 0 Å². The van der Waals surface area contributed by atoms with Crippen molar-refractivity contribution in [1.29, 1.82) is 0 Å².